The molecule has 6 aromatic rings. The molecule has 0 aromatic heterocycles. The number of rotatable bonds is 4. The van der Waals surface area contributed by atoms with Crippen LogP contribution in [0.1, 0.15) is 128 Å². The van der Waals surface area contributed by atoms with Gasteiger partial charge < -0.3 is 24.8 Å². The van der Waals surface area contributed by atoms with Crippen molar-refractivity contribution in [2.45, 2.75) is 115 Å². The quantitative estimate of drug-likeness (QED) is 0.165. The van der Waals surface area contributed by atoms with Crippen LogP contribution in [0.25, 0.3) is 32.7 Å². The first-order valence-corrected chi connectivity index (χ1v) is 25.6. The minimum absolute atomic E-state index is 0. The number of halogens is 4. The maximum atomic E-state index is 7.06. The molecule has 0 spiro atoms. The summed E-state index contributed by atoms with van der Waals surface area (Å²) in [7, 11) is 0. The largest absolute Gasteiger partial charge is 1.00 e. The first-order chi connectivity index (χ1) is 27.2. The third kappa shape index (κ3) is 8.26. The fourth-order valence-electron chi connectivity index (χ4n) is 9.77. The first kappa shape index (κ1) is 46.7. The van der Waals surface area contributed by atoms with Crippen LogP contribution in [0.4, 0.5) is 0 Å². The van der Waals surface area contributed by atoms with E-state index < -0.39 is 21.3 Å². The molecular weight excluding hydrogens is 894 g/mol. The zero-order valence-corrected chi connectivity index (χ0v) is 42.7. The van der Waals surface area contributed by atoms with Crippen LogP contribution in [0.15, 0.2) is 115 Å². The average Bonchev–Trinajstić information content (AvgIpc) is 3.81. The monoisotopic (exact) mass is 948 g/mol. The second-order valence-electron chi connectivity index (χ2n) is 20.8. The number of fused-ring (bicyclic) bond motifs is 5. The van der Waals surface area contributed by atoms with Crippen LogP contribution >= 0.6 is 23.2 Å². The van der Waals surface area contributed by atoms with E-state index in [1.54, 1.807) is 14.4 Å². The Balaban J connectivity index is 0.00000302. The Labute approximate surface area is 389 Å². The van der Waals surface area contributed by atoms with E-state index in [4.69, 9.17) is 23.2 Å². The van der Waals surface area contributed by atoms with Gasteiger partial charge in [0.1, 0.15) is 0 Å². The maximum Gasteiger partial charge on any atom is -1.00 e. The van der Waals surface area contributed by atoms with E-state index in [-0.39, 0.29) is 46.5 Å². The Morgan fingerprint density at radius 3 is 1.40 bits per heavy atom. The van der Waals surface area contributed by atoms with Crippen molar-refractivity contribution in [2.75, 3.05) is 0 Å². The molecule has 0 N–H and O–H groups in total. The summed E-state index contributed by atoms with van der Waals surface area (Å²) in [5.74, 6) is 0. The van der Waals surface area contributed by atoms with Crippen LogP contribution in [0, 0.1) is 0 Å². The summed E-state index contributed by atoms with van der Waals surface area (Å²) in [5, 5.41) is 6.19. The fourth-order valence-corrected chi connectivity index (χ4v) is 19.7. The van der Waals surface area contributed by atoms with Crippen molar-refractivity contribution >= 4 is 51.2 Å². The predicted molar refractivity (Wildman–Crippen MR) is 252 cm³/mol. The molecule has 2 aliphatic rings. The average molecular weight is 952 g/mol. The predicted octanol–water partition coefficient (Wildman–Crippen LogP) is 9.50. The summed E-state index contributed by atoms with van der Waals surface area (Å²) in [6.07, 6.45) is 10.6. The molecule has 0 bridgehead atoms. The Hall–Kier alpha value is -2.77. The van der Waals surface area contributed by atoms with Crippen LogP contribution in [-0.2, 0) is 49.3 Å². The molecule has 0 saturated heterocycles. The molecule has 5 heteroatoms. The smallest absolute Gasteiger partial charge is 1.00 e. The van der Waals surface area contributed by atoms with Crippen molar-refractivity contribution in [3.05, 3.63) is 170 Å². The summed E-state index contributed by atoms with van der Waals surface area (Å²) in [4.78, 5) is 0. The number of benzene rings is 6. The van der Waals surface area contributed by atoms with Crippen molar-refractivity contribution in [2.24, 2.45) is 0 Å². The number of allylic oxidation sites excluding steroid dienone is 4. The molecule has 0 unspecified atom stereocenters. The molecule has 0 heterocycles. The van der Waals surface area contributed by atoms with E-state index in [9.17, 15) is 0 Å². The Morgan fingerprint density at radius 2 is 0.950 bits per heavy atom. The van der Waals surface area contributed by atoms with Gasteiger partial charge in [-0.15, -0.1) is 0 Å². The molecule has 0 fully saturated rings. The van der Waals surface area contributed by atoms with E-state index in [1.165, 1.54) is 58.5 Å². The van der Waals surface area contributed by atoms with Crippen molar-refractivity contribution in [3.63, 3.8) is 0 Å². The van der Waals surface area contributed by atoms with Gasteiger partial charge in [-0.05, 0) is 0 Å². The molecule has 60 heavy (non-hydrogen) atoms. The first-order valence-electron chi connectivity index (χ1n) is 21.0. The molecule has 0 aliphatic heterocycles. The van der Waals surface area contributed by atoms with Crippen LogP contribution in [0.3, 0.4) is 0 Å². The van der Waals surface area contributed by atoms with Crippen molar-refractivity contribution in [3.8, 4) is 11.1 Å². The molecule has 0 atom stereocenters. The van der Waals surface area contributed by atoms with Gasteiger partial charge in [-0.2, -0.15) is 0 Å². The normalized spacial score (nSPS) is 13.8. The molecular formula is C55H58Cl4Zr. The molecule has 6 aromatic carbocycles. The van der Waals surface area contributed by atoms with E-state index in [0.29, 0.717) is 3.63 Å². The molecule has 310 valence electrons. The van der Waals surface area contributed by atoms with Gasteiger partial charge in [-0.25, -0.2) is 0 Å². The standard InChI is InChI=1S/C29H41.C21H12Cl2.C5H5.2ClH.Zr/c1-26(2,3)22-14-18-13-19-15-23(27(4,5)6)25(29(10,11)12)17-21(19)20(18)16-24(22)28(7,8)9;22-20-11-9-14(16-5-1-3-7-18(16)20)13-15-10-12-21(23)19-8-4-2-6-17(15)19;1-2-4-5-3-1;;;/h14,16-17H,13H2,1-12H3;1-12H;1-5H;2*1H;/q;;;;;+2/p-2. The second-order valence-corrected chi connectivity index (χ2v) is 27.7. The van der Waals surface area contributed by atoms with E-state index >= 15 is 0 Å². The topological polar surface area (TPSA) is 0 Å². The fraction of sp³-hybridized carbons (Fsp3) is 0.327. The van der Waals surface area contributed by atoms with Crippen molar-refractivity contribution in [1.29, 1.82) is 0 Å². The van der Waals surface area contributed by atoms with Crippen molar-refractivity contribution < 1.29 is 46.1 Å². The molecule has 0 saturated carbocycles. The van der Waals surface area contributed by atoms with Gasteiger partial charge in [0.25, 0.3) is 0 Å². The Bertz CT molecular complexity index is 2660. The zero-order valence-electron chi connectivity index (χ0n) is 37.3. The van der Waals surface area contributed by atoms with Gasteiger partial charge in [0, 0.05) is 0 Å². The molecule has 2 aliphatic carbocycles. The Morgan fingerprint density at radius 1 is 0.517 bits per heavy atom. The molecule has 0 radical (unpaired) electrons. The van der Waals surface area contributed by atoms with Crippen LogP contribution in [0.2, 0.25) is 13.7 Å². The van der Waals surface area contributed by atoms with E-state index in [0.717, 1.165) is 27.2 Å². The third-order valence-corrected chi connectivity index (χ3v) is 21.0. The van der Waals surface area contributed by atoms with Gasteiger partial charge in [0.2, 0.25) is 0 Å². The molecule has 0 amide bonds. The summed E-state index contributed by atoms with van der Waals surface area (Å²) in [6, 6.07) is 34.3. The number of hydrogen-bond donors (Lipinski definition) is 0. The summed E-state index contributed by atoms with van der Waals surface area (Å²) < 4.78 is 3.47. The minimum Gasteiger partial charge on any atom is -1.00 e. The van der Waals surface area contributed by atoms with Crippen LogP contribution < -0.4 is 28.1 Å². The minimum atomic E-state index is -3.26. The van der Waals surface area contributed by atoms with Gasteiger partial charge in [0.15, 0.2) is 0 Å². The molecule has 8 rings (SSSR count). The van der Waals surface area contributed by atoms with E-state index in [1.807, 2.05) is 0 Å². The van der Waals surface area contributed by atoms with Crippen LogP contribution in [-0.4, -0.2) is 3.21 Å². The van der Waals surface area contributed by atoms with Crippen LogP contribution in [0.5, 0.6) is 0 Å². The summed E-state index contributed by atoms with van der Waals surface area (Å²) in [5.41, 5.74) is 14.3. The Kier molecular flexibility index (Phi) is 13.0. The molecule has 0 nitrogen and oxygen atoms in total. The van der Waals surface area contributed by atoms with Gasteiger partial charge in [-0.3, -0.25) is 0 Å². The summed E-state index contributed by atoms with van der Waals surface area (Å²) >= 11 is 10.9. The van der Waals surface area contributed by atoms with Gasteiger partial charge in [-0.1, -0.05) is 0 Å². The number of hydrogen-bond acceptors (Lipinski definition) is 0. The van der Waals surface area contributed by atoms with Crippen molar-refractivity contribution in [1.82, 2.24) is 0 Å². The maximum absolute atomic E-state index is 7.06. The second kappa shape index (κ2) is 16.7. The SMILES string of the molecule is CC(C)(C)c1cc2c(cc1C(C)(C)C)-c1cc(C(C)(C)C)c(C(C)(C)C)[c]([Zr+2](=[C](c3ccc(Cl)c4ccccc34)c3ccc(Cl)c4ccccc34)[CH]3C=CC=C3)c1C2.[Cl-].[Cl-]. The van der Waals surface area contributed by atoms with Gasteiger partial charge in [0.05, 0.1) is 0 Å². The van der Waals surface area contributed by atoms with Gasteiger partial charge >= 0.3 is 368 Å². The summed E-state index contributed by atoms with van der Waals surface area (Å²) in [6.45, 7) is 28.9. The van der Waals surface area contributed by atoms with E-state index in [2.05, 4.69) is 198 Å². The zero-order chi connectivity index (χ0) is 41.7. The third-order valence-electron chi connectivity index (χ3n) is 12.4.